The van der Waals surface area contributed by atoms with Crippen LogP contribution in [0.3, 0.4) is 0 Å². The highest BCUT2D eigenvalue weighted by Crippen LogP contribution is 2.31. The van der Waals surface area contributed by atoms with Crippen LogP contribution >= 0.6 is 0 Å². The molecule has 1 aromatic carbocycles. The standard InChI is InChI=1S/C24H40N2O2.C20H39N3O3.C13H25NO2.C4H10/c1-23(2,3)22(28)19(14-10-11-15-25)17-21(27)20(26-24(4,5)6)16-18-12-8-7-9-13-18;1-13(2)14(12-19(3,4)5)17(25)23-15(16(24)20(6,7)8)10-9-11-22-18(21)26;1-8(2)11(14)10(15)7-9(3)12(16)13(4,5)6;1-4(2)3/h7-9,12-13,19-20,26H,10-11,14-17,25H2,1-6H3;13-15H,9-12H2,1-8H3,(H,23,25)(H3,21,22,26);8-9,11H,7,14H2,1-6H3;4H,1-3H3. The van der Waals surface area contributed by atoms with Crippen LogP contribution < -0.4 is 33.2 Å². The number of ketones is 5. The van der Waals surface area contributed by atoms with Crippen LogP contribution in [-0.2, 0) is 35.2 Å². The lowest BCUT2D eigenvalue weighted by Crippen LogP contribution is -2.49. The first kappa shape index (κ1) is 74.4. The molecule has 13 nitrogen and oxygen atoms in total. The van der Waals surface area contributed by atoms with Gasteiger partial charge in [0.15, 0.2) is 11.6 Å². The molecule has 0 aliphatic rings. The van der Waals surface area contributed by atoms with E-state index in [1.165, 1.54) is 0 Å². The molecule has 0 aliphatic carbocycles. The maximum atomic E-state index is 13.3. The molecular weight excluding hydrogens is 929 g/mol. The van der Waals surface area contributed by atoms with E-state index in [1.807, 2.05) is 120 Å². The molecule has 1 rings (SSSR count). The first-order valence-corrected chi connectivity index (χ1v) is 27.7. The molecule has 0 saturated carbocycles. The number of benzene rings is 1. The lowest BCUT2D eigenvalue weighted by molar-refractivity contribution is -0.135. The molecule has 74 heavy (non-hydrogen) atoms. The van der Waals surface area contributed by atoms with Gasteiger partial charge < -0.3 is 33.2 Å². The van der Waals surface area contributed by atoms with Crippen molar-refractivity contribution in [3.05, 3.63) is 35.9 Å². The van der Waals surface area contributed by atoms with Crippen molar-refractivity contribution in [2.75, 3.05) is 13.1 Å². The van der Waals surface area contributed by atoms with Crippen LogP contribution in [0.4, 0.5) is 4.79 Å². The fraction of sp³-hybridized carbons (Fsp3) is 0.787. The van der Waals surface area contributed by atoms with Gasteiger partial charge in [-0.15, -0.1) is 0 Å². The Morgan fingerprint density at radius 2 is 1.07 bits per heavy atom. The van der Waals surface area contributed by atoms with E-state index < -0.39 is 28.9 Å². The lowest BCUT2D eigenvalue weighted by Gasteiger charge is -2.31. The van der Waals surface area contributed by atoms with Crippen molar-refractivity contribution in [1.82, 2.24) is 16.0 Å². The van der Waals surface area contributed by atoms with E-state index in [1.54, 1.807) is 6.92 Å². The summed E-state index contributed by atoms with van der Waals surface area (Å²) in [5.74, 6) is 0.868. The molecule has 0 heterocycles. The molecule has 430 valence electrons. The van der Waals surface area contributed by atoms with Crippen molar-refractivity contribution in [2.45, 2.75) is 241 Å². The first-order chi connectivity index (χ1) is 33.4. The van der Waals surface area contributed by atoms with Crippen LogP contribution in [-0.4, -0.2) is 77.6 Å². The smallest absolute Gasteiger partial charge is 0.312 e. The average Bonchev–Trinajstić information content (AvgIpc) is 3.23. The van der Waals surface area contributed by atoms with E-state index >= 15 is 0 Å². The number of carbonyl (C=O) groups excluding carboxylic acids is 7. The van der Waals surface area contributed by atoms with E-state index in [0.29, 0.717) is 38.8 Å². The van der Waals surface area contributed by atoms with Gasteiger partial charge in [-0.3, -0.25) is 28.8 Å². The Bertz CT molecular complexity index is 1810. The maximum Gasteiger partial charge on any atom is 0.312 e. The van der Waals surface area contributed by atoms with Gasteiger partial charge in [-0.1, -0.05) is 175 Å². The Hall–Kier alpha value is -3.81. The van der Waals surface area contributed by atoms with E-state index in [9.17, 15) is 33.6 Å². The number of amides is 3. The van der Waals surface area contributed by atoms with Gasteiger partial charge in [0.1, 0.15) is 17.3 Å². The van der Waals surface area contributed by atoms with Crippen LogP contribution in [0.5, 0.6) is 0 Å². The van der Waals surface area contributed by atoms with E-state index in [4.69, 9.17) is 17.2 Å². The van der Waals surface area contributed by atoms with Crippen molar-refractivity contribution >= 4 is 40.9 Å². The third-order valence-electron chi connectivity index (χ3n) is 11.9. The number of urea groups is 1. The largest absolute Gasteiger partial charge is 0.352 e. The number of unbranched alkanes of at least 4 members (excludes halogenated alkanes) is 1. The molecule has 0 fully saturated rings. The normalized spacial score (nSPS) is 14.6. The van der Waals surface area contributed by atoms with Crippen LogP contribution in [0.15, 0.2) is 30.3 Å². The number of rotatable bonds is 25. The molecule has 1 aromatic rings. The van der Waals surface area contributed by atoms with Crippen LogP contribution in [0.1, 0.15) is 216 Å². The number of Topliss-reactive ketones (excluding diaryl/α,β-unsaturated/α-hetero) is 5. The Balaban J connectivity index is -0.00000102. The average molecular weight is 1040 g/mol. The summed E-state index contributed by atoms with van der Waals surface area (Å²) in [5, 5.41) is 8.98. The van der Waals surface area contributed by atoms with Crippen molar-refractivity contribution in [1.29, 1.82) is 0 Å². The topological polar surface area (TPSA) is 234 Å². The van der Waals surface area contributed by atoms with E-state index in [-0.39, 0.29) is 93.2 Å². The van der Waals surface area contributed by atoms with Crippen LogP contribution in [0.2, 0.25) is 0 Å². The number of nitrogens with two attached hydrogens (primary N) is 3. The Kier molecular flexibility index (Phi) is 35.0. The minimum atomic E-state index is -0.585. The van der Waals surface area contributed by atoms with Crippen molar-refractivity contribution in [3.8, 4) is 0 Å². The molecule has 6 atom stereocenters. The zero-order valence-electron chi connectivity index (χ0n) is 51.5. The summed E-state index contributed by atoms with van der Waals surface area (Å²) in [5.41, 5.74) is 16.0. The summed E-state index contributed by atoms with van der Waals surface area (Å²) in [6, 6.07) is 8.17. The summed E-state index contributed by atoms with van der Waals surface area (Å²) in [7, 11) is 0. The van der Waals surface area contributed by atoms with Gasteiger partial charge in [0.05, 0.1) is 18.1 Å². The monoisotopic (exact) mass is 1040 g/mol. The Morgan fingerprint density at radius 1 is 0.581 bits per heavy atom. The maximum absolute atomic E-state index is 13.3. The Labute approximate surface area is 452 Å². The highest BCUT2D eigenvalue weighted by molar-refractivity contribution is 5.94. The predicted molar refractivity (Wildman–Crippen MR) is 309 cm³/mol. The van der Waals surface area contributed by atoms with Gasteiger partial charge in [0, 0.05) is 58.9 Å². The van der Waals surface area contributed by atoms with Crippen molar-refractivity contribution in [2.24, 2.45) is 74.4 Å². The number of carbonyl (C=O) groups is 7. The van der Waals surface area contributed by atoms with Gasteiger partial charge >= 0.3 is 6.03 Å². The summed E-state index contributed by atoms with van der Waals surface area (Å²) in [4.78, 5) is 86.3. The Morgan fingerprint density at radius 3 is 1.46 bits per heavy atom. The van der Waals surface area contributed by atoms with Gasteiger partial charge in [-0.2, -0.15) is 0 Å². The zero-order valence-corrected chi connectivity index (χ0v) is 51.5. The molecule has 0 spiro atoms. The van der Waals surface area contributed by atoms with Gasteiger partial charge in [0.25, 0.3) is 0 Å². The summed E-state index contributed by atoms with van der Waals surface area (Å²) >= 11 is 0. The van der Waals surface area contributed by atoms with Crippen LogP contribution in [0, 0.1) is 57.2 Å². The first-order valence-electron chi connectivity index (χ1n) is 27.7. The van der Waals surface area contributed by atoms with Gasteiger partial charge in [-0.25, -0.2) is 4.79 Å². The number of hydrogen-bond donors (Lipinski definition) is 6. The highest BCUT2D eigenvalue weighted by Gasteiger charge is 2.36. The van der Waals surface area contributed by atoms with Crippen LogP contribution in [0.25, 0.3) is 0 Å². The van der Waals surface area contributed by atoms with E-state index in [0.717, 1.165) is 37.2 Å². The minimum Gasteiger partial charge on any atom is -0.352 e. The fourth-order valence-electron chi connectivity index (χ4n) is 8.00. The van der Waals surface area contributed by atoms with Crippen molar-refractivity contribution in [3.63, 3.8) is 0 Å². The van der Waals surface area contributed by atoms with E-state index in [2.05, 4.69) is 78.3 Å². The number of primary amides is 1. The SMILES string of the molecule is CC(C)(C)NC(Cc1ccccc1)C(=O)CC(CCCCN)C(=O)C(C)(C)C.CC(C)C.CC(C)C(CC(C)(C)C)C(=O)NC(CCCNC(N)=O)C(=O)C(C)(C)C.CC(CC(=O)C(N)C(C)C)C(=O)C(C)(C)C. The lowest BCUT2D eigenvalue weighted by atomic mass is 9.78. The molecule has 0 radical (unpaired) electrons. The molecule has 0 aromatic heterocycles. The van der Waals surface area contributed by atoms with Crippen molar-refractivity contribution < 1.29 is 33.6 Å². The quantitative estimate of drug-likeness (QED) is 0.0507. The summed E-state index contributed by atoms with van der Waals surface area (Å²) < 4.78 is 0. The molecule has 9 N–H and O–H groups in total. The molecule has 6 unspecified atom stereocenters. The molecule has 0 bridgehead atoms. The molecule has 13 heteroatoms. The molecule has 0 aliphatic heterocycles. The number of hydrogen-bond acceptors (Lipinski definition) is 10. The fourth-order valence-corrected chi connectivity index (χ4v) is 8.00. The third kappa shape index (κ3) is 36.2. The summed E-state index contributed by atoms with van der Waals surface area (Å²) in [6.45, 7) is 46.7. The molecule has 0 saturated heterocycles. The minimum absolute atomic E-state index is 0.00295. The second-order valence-corrected chi connectivity index (χ2v) is 27.3. The second kappa shape index (κ2) is 34.8. The zero-order chi connectivity index (χ0) is 58.7. The predicted octanol–water partition coefficient (Wildman–Crippen LogP) is 11.4. The van der Waals surface area contributed by atoms with Gasteiger partial charge in [0.2, 0.25) is 5.91 Å². The highest BCUT2D eigenvalue weighted by atomic mass is 16.2. The van der Waals surface area contributed by atoms with Gasteiger partial charge in [-0.05, 0) is 94.6 Å². The third-order valence-corrected chi connectivity index (χ3v) is 11.9. The molecular formula is C61H114N6O7. The molecule has 3 amide bonds. The summed E-state index contributed by atoms with van der Waals surface area (Å²) in [6.07, 6.45) is 5.49. The second-order valence-electron chi connectivity index (χ2n) is 27.3. The number of nitrogens with one attached hydrogen (secondary N) is 3.